The van der Waals surface area contributed by atoms with Gasteiger partial charge in [-0.3, -0.25) is 0 Å². The Balaban J connectivity index is 2.14. The first-order valence-electron chi connectivity index (χ1n) is 6.71. The number of hydrogen-bond donors (Lipinski definition) is 1. The molecule has 0 fully saturated rings. The first kappa shape index (κ1) is 13.0. The summed E-state index contributed by atoms with van der Waals surface area (Å²) in [5.41, 5.74) is 0.960. The fourth-order valence-corrected chi connectivity index (χ4v) is 2.74. The van der Waals surface area contributed by atoms with E-state index < -0.39 is 0 Å². The lowest BCUT2D eigenvalue weighted by Crippen LogP contribution is -2.04. The van der Waals surface area contributed by atoms with Crippen LogP contribution in [0, 0.1) is 6.92 Å². The molecule has 0 saturated heterocycles. The fourth-order valence-electron chi connectivity index (χ4n) is 2.03. The Hall–Kier alpha value is -2.01. The topological polar surface area (TPSA) is 50.7 Å². The molecule has 102 valence electrons. The third-order valence-electron chi connectivity index (χ3n) is 2.99. The Morgan fingerprint density at radius 3 is 2.80 bits per heavy atom. The number of para-hydroxylation sites is 1. The van der Waals surface area contributed by atoms with Crippen molar-refractivity contribution in [3.8, 4) is 10.7 Å². The molecule has 0 saturated carbocycles. The average molecular weight is 284 g/mol. The molecule has 1 N–H and O–H groups in total. The van der Waals surface area contributed by atoms with Gasteiger partial charge in [0.2, 0.25) is 0 Å². The maximum absolute atomic E-state index is 4.67. The maximum Gasteiger partial charge on any atom is 0.173 e. The number of fused-ring (bicyclic) bond motifs is 1. The molecule has 4 nitrogen and oxygen atoms in total. The first-order chi connectivity index (χ1) is 9.78. The number of aromatic nitrogens is 3. The van der Waals surface area contributed by atoms with Crippen molar-refractivity contribution in [1.29, 1.82) is 0 Å². The second-order valence-electron chi connectivity index (χ2n) is 4.58. The summed E-state index contributed by atoms with van der Waals surface area (Å²) in [7, 11) is 0. The third kappa shape index (κ3) is 2.49. The minimum Gasteiger partial charge on any atom is -0.369 e. The molecule has 2 heterocycles. The molecule has 1 aromatic carbocycles. The number of anilines is 1. The second-order valence-corrected chi connectivity index (χ2v) is 5.82. The standard InChI is InChI=1S/C15H16N4S/c1-3-8-16-14-11-6-4-5-7-12(11)18-15(19-14)13-9-17-10(2)20-13/h4-7,9H,3,8H2,1-2H3,(H,16,18,19). The molecule has 3 rings (SSSR count). The number of nitrogens with zero attached hydrogens (tertiary/aromatic N) is 3. The molecule has 0 spiro atoms. The lowest BCUT2D eigenvalue weighted by molar-refractivity contribution is 0.970. The Morgan fingerprint density at radius 1 is 1.20 bits per heavy atom. The number of rotatable bonds is 4. The zero-order valence-corrected chi connectivity index (χ0v) is 12.4. The first-order valence-corrected chi connectivity index (χ1v) is 7.53. The maximum atomic E-state index is 4.67. The minimum atomic E-state index is 0.743. The van der Waals surface area contributed by atoms with Crippen LogP contribution in [0.5, 0.6) is 0 Å². The molecular formula is C15H16N4S. The smallest absolute Gasteiger partial charge is 0.173 e. The molecular weight excluding hydrogens is 268 g/mol. The predicted octanol–water partition coefficient (Wildman–Crippen LogP) is 3.88. The van der Waals surface area contributed by atoms with Crippen molar-refractivity contribution in [2.45, 2.75) is 20.3 Å². The van der Waals surface area contributed by atoms with Gasteiger partial charge in [-0.1, -0.05) is 19.1 Å². The monoisotopic (exact) mass is 284 g/mol. The minimum absolute atomic E-state index is 0.743. The van der Waals surface area contributed by atoms with E-state index in [9.17, 15) is 0 Å². The van der Waals surface area contributed by atoms with E-state index >= 15 is 0 Å². The zero-order valence-electron chi connectivity index (χ0n) is 11.6. The molecule has 0 aliphatic carbocycles. The Kier molecular flexibility index (Phi) is 3.60. The van der Waals surface area contributed by atoms with Crippen molar-refractivity contribution in [2.24, 2.45) is 0 Å². The lowest BCUT2D eigenvalue weighted by Gasteiger charge is -2.09. The van der Waals surface area contributed by atoms with E-state index in [1.807, 2.05) is 31.3 Å². The number of nitrogens with one attached hydrogen (secondary N) is 1. The molecule has 2 aromatic heterocycles. The molecule has 0 bridgehead atoms. The lowest BCUT2D eigenvalue weighted by atomic mass is 10.2. The zero-order chi connectivity index (χ0) is 13.9. The Morgan fingerprint density at radius 2 is 2.05 bits per heavy atom. The second kappa shape index (κ2) is 5.54. The van der Waals surface area contributed by atoms with Gasteiger partial charge in [0, 0.05) is 18.1 Å². The van der Waals surface area contributed by atoms with Crippen molar-refractivity contribution in [3.05, 3.63) is 35.5 Å². The SMILES string of the molecule is CCCNc1nc(-c2cnc(C)s2)nc2ccccc12. The highest BCUT2D eigenvalue weighted by molar-refractivity contribution is 7.14. The van der Waals surface area contributed by atoms with Crippen LogP contribution in [0.3, 0.4) is 0 Å². The quantitative estimate of drug-likeness (QED) is 0.790. The molecule has 0 unspecified atom stereocenters. The van der Waals surface area contributed by atoms with Gasteiger partial charge in [-0.25, -0.2) is 15.0 Å². The van der Waals surface area contributed by atoms with Crippen LogP contribution >= 0.6 is 11.3 Å². The van der Waals surface area contributed by atoms with E-state index in [1.54, 1.807) is 11.3 Å². The van der Waals surface area contributed by atoms with Gasteiger partial charge in [0.1, 0.15) is 5.82 Å². The van der Waals surface area contributed by atoms with E-state index in [0.29, 0.717) is 0 Å². The molecule has 3 aromatic rings. The van der Waals surface area contributed by atoms with Crippen molar-refractivity contribution in [2.75, 3.05) is 11.9 Å². The highest BCUT2D eigenvalue weighted by Crippen LogP contribution is 2.27. The Bertz CT molecular complexity index is 736. The molecule has 0 amide bonds. The van der Waals surface area contributed by atoms with Crippen LogP contribution in [0.25, 0.3) is 21.6 Å². The van der Waals surface area contributed by atoms with Gasteiger partial charge in [-0.15, -0.1) is 11.3 Å². The summed E-state index contributed by atoms with van der Waals surface area (Å²) in [5.74, 6) is 1.64. The fraction of sp³-hybridized carbons (Fsp3) is 0.267. The molecule has 0 aliphatic rings. The van der Waals surface area contributed by atoms with E-state index in [2.05, 4.69) is 33.3 Å². The van der Waals surface area contributed by atoms with Gasteiger partial charge in [-0.2, -0.15) is 0 Å². The predicted molar refractivity (Wildman–Crippen MR) is 84.2 cm³/mol. The average Bonchev–Trinajstić information content (AvgIpc) is 2.91. The molecule has 0 atom stereocenters. The van der Waals surface area contributed by atoms with E-state index in [1.165, 1.54) is 0 Å². The molecule has 0 radical (unpaired) electrons. The van der Waals surface area contributed by atoms with Gasteiger partial charge in [0.05, 0.1) is 15.4 Å². The summed E-state index contributed by atoms with van der Waals surface area (Å²) in [4.78, 5) is 14.6. The number of hydrogen-bond acceptors (Lipinski definition) is 5. The third-order valence-corrected chi connectivity index (χ3v) is 3.90. The van der Waals surface area contributed by atoms with Crippen molar-refractivity contribution in [3.63, 3.8) is 0 Å². The van der Waals surface area contributed by atoms with Crippen molar-refractivity contribution < 1.29 is 0 Å². The summed E-state index contributed by atoms with van der Waals surface area (Å²) < 4.78 is 0. The number of aryl methyl sites for hydroxylation is 1. The van der Waals surface area contributed by atoms with Crippen molar-refractivity contribution >= 4 is 28.1 Å². The summed E-state index contributed by atoms with van der Waals surface area (Å²) in [5, 5.41) is 5.48. The highest BCUT2D eigenvalue weighted by atomic mass is 32.1. The van der Waals surface area contributed by atoms with E-state index in [-0.39, 0.29) is 0 Å². The number of thiazole rings is 1. The molecule has 0 aliphatic heterocycles. The van der Waals surface area contributed by atoms with E-state index in [0.717, 1.165) is 45.4 Å². The van der Waals surface area contributed by atoms with Crippen LogP contribution in [0.1, 0.15) is 18.4 Å². The summed E-state index contributed by atoms with van der Waals surface area (Å²) in [6.45, 7) is 5.04. The van der Waals surface area contributed by atoms with Crippen molar-refractivity contribution in [1.82, 2.24) is 15.0 Å². The van der Waals surface area contributed by atoms with Crippen LogP contribution in [0.15, 0.2) is 30.5 Å². The van der Waals surface area contributed by atoms with Gasteiger partial charge in [0.25, 0.3) is 0 Å². The number of benzene rings is 1. The van der Waals surface area contributed by atoms with Crippen LogP contribution in [-0.2, 0) is 0 Å². The summed E-state index contributed by atoms with van der Waals surface area (Å²) in [6, 6.07) is 8.08. The van der Waals surface area contributed by atoms with Gasteiger partial charge < -0.3 is 5.32 Å². The molecule has 5 heteroatoms. The van der Waals surface area contributed by atoms with Crippen LogP contribution in [0.4, 0.5) is 5.82 Å². The van der Waals surface area contributed by atoms with Crippen LogP contribution < -0.4 is 5.32 Å². The molecule has 20 heavy (non-hydrogen) atoms. The van der Waals surface area contributed by atoms with Crippen LogP contribution in [0.2, 0.25) is 0 Å². The van der Waals surface area contributed by atoms with Gasteiger partial charge >= 0.3 is 0 Å². The Labute approximate surface area is 121 Å². The summed E-state index contributed by atoms with van der Waals surface area (Å²) in [6.07, 6.45) is 2.90. The van der Waals surface area contributed by atoms with E-state index in [4.69, 9.17) is 0 Å². The normalized spacial score (nSPS) is 10.9. The largest absolute Gasteiger partial charge is 0.369 e. The van der Waals surface area contributed by atoms with Gasteiger partial charge in [-0.05, 0) is 25.5 Å². The van der Waals surface area contributed by atoms with Crippen LogP contribution in [-0.4, -0.2) is 21.5 Å². The summed E-state index contributed by atoms with van der Waals surface area (Å²) >= 11 is 1.62. The highest BCUT2D eigenvalue weighted by Gasteiger charge is 2.10. The van der Waals surface area contributed by atoms with Gasteiger partial charge in [0.15, 0.2) is 5.82 Å².